The van der Waals surface area contributed by atoms with E-state index in [-0.39, 0.29) is 0 Å². The fourth-order valence-corrected chi connectivity index (χ4v) is 1.46. The van der Waals surface area contributed by atoms with Crippen molar-refractivity contribution in [3.8, 4) is 0 Å². The van der Waals surface area contributed by atoms with Crippen LogP contribution in [0.2, 0.25) is 0 Å². The first-order valence-corrected chi connectivity index (χ1v) is 5.69. The summed E-state index contributed by atoms with van der Waals surface area (Å²) in [7, 11) is 0. The Morgan fingerprint density at radius 2 is 2.14 bits per heavy atom. The predicted molar refractivity (Wildman–Crippen MR) is 68.4 cm³/mol. The Labute approximate surface area is 116 Å². The number of H-pyrrole nitrogens is 1. The van der Waals surface area contributed by atoms with Crippen molar-refractivity contribution >= 4 is 17.7 Å². The number of hydrogen-bond acceptors (Lipinski definition) is 3. The van der Waals surface area contributed by atoms with Gasteiger partial charge in [0.25, 0.3) is 5.56 Å². The number of anilines is 1. The molecule has 0 bridgehead atoms. The van der Waals surface area contributed by atoms with Gasteiger partial charge >= 0.3 is 6.18 Å². The van der Waals surface area contributed by atoms with Crippen LogP contribution in [0.5, 0.6) is 0 Å². The van der Waals surface area contributed by atoms with Gasteiger partial charge in [-0.2, -0.15) is 13.2 Å². The second-order valence-corrected chi connectivity index (χ2v) is 3.97. The van der Waals surface area contributed by atoms with Crippen LogP contribution in [0.25, 0.3) is 6.08 Å². The highest BCUT2D eigenvalue weighted by atomic mass is 19.4. The van der Waals surface area contributed by atoms with Gasteiger partial charge in [0.05, 0.1) is 11.8 Å². The molecular weight excluding hydrogens is 289 g/mol. The highest BCUT2D eigenvalue weighted by Crippen LogP contribution is 2.29. The molecule has 2 aromatic heterocycles. The number of hydrogen-bond donors (Lipinski definition) is 2. The summed E-state index contributed by atoms with van der Waals surface area (Å²) >= 11 is 0. The van der Waals surface area contributed by atoms with E-state index in [0.29, 0.717) is 18.0 Å². The van der Waals surface area contributed by atoms with Crippen LogP contribution in [-0.4, -0.2) is 10.9 Å². The smallest absolute Gasteiger partial charge is 0.417 e. The Kier molecular flexibility index (Phi) is 3.97. The Bertz CT molecular complexity index is 715. The third-order valence-corrected chi connectivity index (χ3v) is 2.43. The molecule has 0 aromatic carbocycles. The first-order chi connectivity index (χ1) is 9.86. The zero-order chi connectivity index (χ0) is 15.5. The number of amides is 1. The largest absolute Gasteiger partial charge is 0.465 e. The number of carbonyl (C=O) groups excluding carboxylic acids is 1. The Hall–Kier alpha value is -2.77. The molecule has 0 aliphatic heterocycles. The van der Waals surface area contributed by atoms with Gasteiger partial charge in [0.15, 0.2) is 0 Å². The molecule has 5 nitrogen and oxygen atoms in total. The standard InChI is InChI=1S/C13H9F3N2O3/c14-13(15,16)8-6-10(12(20)17-7-8)18-11(19)4-3-9-2-1-5-21-9/h1-7H,(H,17,20)(H,18,19)/b4-3+. The predicted octanol–water partition coefficient (Wildman–Crippen LogP) is 2.64. The summed E-state index contributed by atoms with van der Waals surface area (Å²) in [4.78, 5) is 24.9. The molecule has 2 aromatic rings. The Morgan fingerprint density at radius 3 is 2.76 bits per heavy atom. The van der Waals surface area contributed by atoms with Gasteiger partial charge in [0.2, 0.25) is 5.91 Å². The van der Waals surface area contributed by atoms with Gasteiger partial charge in [-0.1, -0.05) is 0 Å². The molecule has 0 aliphatic rings. The first-order valence-electron chi connectivity index (χ1n) is 5.69. The maximum Gasteiger partial charge on any atom is 0.417 e. The van der Waals surface area contributed by atoms with Crippen LogP contribution in [0, 0.1) is 0 Å². The number of nitrogens with one attached hydrogen (secondary N) is 2. The van der Waals surface area contributed by atoms with Crippen LogP contribution < -0.4 is 10.9 Å². The topological polar surface area (TPSA) is 75.1 Å². The minimum absolute atomic E-state index is 0.392. The SMILES string of the molecule is O=C(/C=C/c1ccco1)Nc1cc(C(F)(F)F)c[nH]c1=O. The highest BCUT2D eigenvalue weighted by Gasteiger charge is 2.31. The fourth-order valence-electron chi connectivity index (χ4n) is 1.46. The number of halogens is 3. The monoisotopic (exact) mass is 298 g/mol. The molecule has 0 spiro atoms. The number of pyridine rings is 1. The zero-order valence-electron chi connectivity index (χ0n) is 10.4. The second kappa shape index (κ2) is 5.70. The van der Waals surface area contributed by atoms with Gasteiger partial charge in [0.1, 0.15) is 11.4 Å². The van der Waals surface area contributed by atoms with Crippen molar-refractivity contribution in [3.63, 3.8) is 0 Å². The lowest BCUT2D eigenvalue weighted by atomic mass is 10.2. The minimum atomic E-state index is -4.62. The van der Waals surface area contributed by atoms with E-state index in [4.69, 9.17) is 4.42 Å². The van der Waals surface area contributed by atoms with Crippen LogP contribution >= 0.6 is 0 Å². The molecule has 8 heteroatoms. The van der Waals surface area contributed by atoms with Crippen molar-refractivity contribution < 1.29 is 22.4 Å². The summed E-state index contributed by atoms with van der Waals surface area (Å²) in [6.45, 7) is 0. The van der Waals surface area contributed by atoms with E-state index in [1.165, 1.54) is 12.3 Å². The average Bonchev–Trinajstić information content (AvgIpc) is 2.91. The maximum absolute atomic E-state index is 12.5. The molecule has 0 radical (unpaired) electrons. The second-order valence-electron chi connectivity index (χ2n) is 3.97. The van der Waals surface area contributed by atoms with E-state index in [1.807, 2.05) is 4.98 Å². The molecule has 0 saturated heterocycles. The number of furan rings is 1. The lowest BCUT2D eigenvalue weighted by molar-refractivity contribution is -0.137. The van der Waals surface area contributed by atoms with Crippen molar-refractivity contribution in [3.05, 3.63) is 58.4 Å². The maximum atomic E-state index is 12.5. The molecule has 1 amide bonds. The van der Waals surface area contributed by atoms with E-state index in [1.54, 1.807) is 12.1 Å². The third-order valence-electron chi connectivity index (χ3n) is 2.43. The van der Waals surface area contributed by atoms with Gasteiger partial charge in [0, 0.05) is 12.3 Å². The zero-order valence-corrected chi connectivity index (χ0v) is 10.4. The van der Waals surface area contributed by atoms with E-state index in [9.17, 15) is 22.8 Å². The van der Waals surface area contributed by atoms with Crippen LogP contribution in [0.3, 0.4) is 0 Å². The highest BCUT2D eigenvalue weighted by molar-refractivity contribution is 6.01. The van der Waals surface area contributed by atoms with E-state index < -0.39 is 28.9 Å². The Balaban J connectivity index is 2.15. The summed E-state index contributed by atoms with van der Waals surface area (Å²) in [6, 6.07) is 3.76. The molecule has 2 N–H and O–H groups in total. The summed E-state index contributed by atoms with van der Waals surface area (Å²) in [5.41, 5.74) is -2.38. The molecule has 0 aliphatic carbocycles. The van der Waals surface area contributed by atoms with Crippen LogP contribution in [-0.2, 0) is 11.0 Å². The normalized spacial score (nSPS) is 11.8. The Morgan fingerprint density at radius 1 is 1.38 bits per heavy atom. The van der Waals surface area contributed by atoms with Gasteiger partial charge < -0.3 is 14.7 Å². The van der Waals surface area contributed by atoms with Gasteiger partial charge in [-0.3, -0.25) is 9.59 Å². The van der Waals surface area contributed by atoms with Crippen LogP contribution in [0.15, 0.2) is 45.9 Å². The van der Waals surface area contributed by atoms with Crippen molar-refractivity contribution in [1.29, 1.82) is 0 Å². The molecule has 0 atom stereocenters. The summed E-state index contributed by atoms with van der Waals surface area (Å²) in [5.74, 6) is -0.362. The quantitative estimate of drug-likeness (QED) is 0.855. The number of rotatable bonds is 3. The lowest BCUT2D eigenvalue weighted by Gasteiger charge is -2.08. The molecule has 21 heavy (non-hydrogen) atoms. The lowest BCUT2D eigenvalue weighted by Crippen LogP contribution is -2.20. The van der Waals surface area contributed by atoms with E-state index in [0.717, 1.165) is 6.08 Å². The number of aromatic nitrogens is 1. The van der Waals surface area contributed by atoms with Crippen LogP contribution in [0.1, 0.15) is 11.3 Å². The van der Waals surface area contributed by atoms with Crippen molar-refractivity contribution in [2.45, 2.75) is 6.18 Å². The molecule has 0 saturated carbocycles. The first kappa shape index (κ1) is 14.6. The molecule has 110 valence electrons. The van der Waals surface area contributed by atoms with Gasteiger partial charge in [-0.05, 0) is 24.3 Å². The minimum Gasteiger partial charge on any atom is -0.465 e. The fraction of sp³-hybridized carbons (Fsp3) is 0.0769. The summed E-state index contributed by atoms with van der Waals surface area (Å²) < 4.78 is 42.5. The molecule has 0 fully saturated rings. The van der Waals surface area contributed by atoms with Crippen LogP contribution in [0.4, 0.5) is 18.9 Å². The van der Waals surface area contributed by atoms with Gasteiger partial charge in [-0.15, -0.1) is 0 Å². The van der Waals surface area contributed by atoms with Crippen molar-refractivity contribution in [2.24, 2.45) is 0 Å². The summed E-state index contributed by atoms with van der Waals surface area (Å²) in [6.07, 6.45) is -0.324. The van der Waals surface area contributed by atoms with Crippen molar-refractivity contribution in [1.82, 2.24) is 4.98 Å². The number of carbonyl (C=O) groups is 1. The molecule has 2 heterocycles. The van der Waals surface area contributed by atoms with E-state index in [2.05, 4.69) is 5.32 Å². The number of alkyl halides is 3. The number of aromatic amines is 1. The molecule has 0 unspecified atom stereocenters. The van der Waals surface area contributed by atoms with Gasteiger partial charge in [-0.25, -0.2) is 0 Å². The molecule has 2 rings (SSSR count). The summed E-state index contributed by atoms with van der Waals surface area (Å²) in [5, 5.41) is 2.07. The van der Waals surface area contributed by atoms with E-state index >= 15 is 0 Å². The molecular formula is C13H9F3N2O3. The average molecular weight is 298 g/mol. The van der Waals surface area contributed by atoms with Crippen molar-refractivity contribution in [2.75, 3.05) is 5.32 Å². The third kappa shape index (κ3) is 3.85.